The minimum Gasteiger partial charge on any atom is -0.486 e. The van der Waals surface area contributed by atoms with Crippen LogP contribution in [0.15, 0.2) is 24.3 Å². The topological polar surface area (TPSA) is 33.1 Å². The van der Waals surface area contributed by atoms with Crippen molar-refractivity contribution in [1.29, 1.82) is 5.41 Å². The van der Waals surface area contributed by atoms with E-state index >= 15 is 0 Å². The summed E-state index contributed by atoms with van der Waals surface area (Å²) in [7, 11) is 0. The Kier molecular flexibility index (Phi) is 3.51. The number of hydrogen-bond acceptors (Lipinski definition) is 2. The maximum atomic E-state index is 8.20. The van der Waals surface area contributed by atoms with Crippen molar-refractivity contribution in [2.75, 3.05) is 0 Å². The Morgan fingerprint density at radius 3 is 2.47 bits per heavy atom. The van der Waals surface area contributed by atoms with E-state index in [1.54, 1.807) is 0 Å². The van der Waals surface area contributed by atoms with E-state index in [-0.39, 0.29) is 5.60 Å². The first kappa shape index (κ1) is 12.2. The van der Waals surface area contributed by atoms with Gasteiger partial charge < -0.3 is 10.1 Å². The summed E-state index contributed by atoms with van der Waals surface area (Å²) < 4.78 is 6.23. The van der Waals surface area contributed by atoms with Crippen LogP contribution < -0.4 is 4.74 Å². The Hall–Kier alpha value is -1.31. The van der Waals surface area contributed by atoms with Gasteiger partial charge in [-0.05, 0) is 25.0 Å². The predicted octanol–water partition coefficient (Wildman–Crippen LogP) is 4.18. The van der Waals surface area contributed by atoms with Crippen LogP contribution in [0, 0.1) is 5.41 Å². The number of nitrogens with one attached hydrogen (secondary N) is 1. The Morgan fingerprint density at radius 1 is 1.18 bits per heavy atom. The first-order valence-corrected chi connectivity index (χ1v) is 6.56. The standard InChI is InChI=1S/C15H21NO/c1-3-9-15(10-4-2)11-13(16)12-7-5-6-8-14(12)17-15/h5-8,16H,3-4,9-11H2,1-2H3. The molecule has 0 amide bonds. The molecule has 1 aromatic rings. The second kappa shape index (κ2) is 4.91. The minimum absolute atomic E-state index is 0.130. The number of hydrogen-bond donors (Lipinski definition) is 1. The van der Waals surface area contributed by atoms with E-state index < -0.39 is 0 Å². The van der Waals surface area contributed by atoms with Gasteiger partial charge in [0.25, 0.3) is 0 Å². The van der Waals surface area contributed by atoms with Crippen LogP contribution in [0.5, 0.6) is 5.75 Å². The van der Waals surface area contributed by atoms with Crippen molar-refractivity contribution in [3.8, 4) is 5.75 Å². The van der Waals surface area contributed by atoms with E-state index in [1.807, 2.05) is 24.3 Å². The zero-order valence-corrected chi connectivity index (χ0v) is 10.8. The summed E-state index contributed by atoms with van der Waals surface area (Å²) in [6.07, 6.45) is 5.05. The Morgan fingerprint density at radius 2 is 1.82 bits per heavy atom. The van der Waals surface area contributed by atoms with Gasteiger partial charge in [0.2, 0.25) is 0 Å². The second-order valence-corrected chi connectivity index (χ2v) is 4.94. The highest BCUT2D eigenvalue weighted by molar-refractivity contribution is 6.02. The molecule has 0 radical (unpaired) electrons. The molecule has 0 saturated carbocycles. The number of ether oxygens (including phenoxy) is 1. The fraction of sp³-hybridized carbons (Fsp3) is 0.533. The molecule has 92 valence electrons. The molecule has 2 nitrogen and oxygen atoms in total. The highest BCUT2D eigenvalue weighted by atomic mass is 16.5. The van der Waals surface area contributed by atoms with Crippen molar-refractivity contribution in [3.63, 3.8) is 0 Å². The average molecular weight is 231 g/mol. The molecule has 0 aromatic heterocycles. The van der Waals surface area contributed by atoms with Crippen LogP contribution in [0.1, 0.15) is 51.5 Å². The van der Waals surface area contributed by atoms with Crippen LogP contribution in [-0.2, 0) is 0 Å². The van der Waals surface area contributed by atoms with Gasteiger partial charge in [0.15, 0.2) is 0 Å². The Labute approximate surface area is 104 Å². The normalized spacial score (nSPS) is 17.4. The van der Waals surface area contributed by atoms with Gasteiger partial charge in [0.05, 0.1) is 0 Å². The largest absolute Gasteiger partial charge is 0.486 e. The lowest BCUT2D eigenvalue weighted by Crippen LogP contribution is -2.41. The van der Waals surface area contributed by atoms with Gasteiger partial charge in [-0.15, -0.1) is 0 Å². The van der Waals surface area contributed by atoms with E-state index in [4.69, 9.17) is 10.1 Å². The molecule has 2 heteroatoms. The minimum atomic E-state index is -0.130. The first-order chi connectivity index (χ1) is 8.21. The molecule has 1 N–H and O–H groups in total. The molecule has 0 unspecified atom stereocenters. The third kappa shape index (κ3) is 2.36. The third-order valence-corrected chi connectivity index (χ3v) is 3.45. The lowest BCUT2D eigenvalue weighted by molar-refractivity contribution is 0.0503. The number of rotatable bonds is 4. The summed E-state index contributed by atoms with van der Waals surface area (Å²) in [5.74, 6) is 0.894. The van der Waals surface area contributed by atoms with Gasteiger partial charge in [0.1, 0.15) is 11.4 Å². The van der Waals surface area contributed by atoms with Crippen LogP contribution >= 0.6 is 0 Å². The van der Waals surface area contributed by atoms with E-state index in [0.717, 1.165) is 49.1 Å². The molecule has 1 aliphatic rings. The van der Waals surface area contributed by atoms with Crippen molar-refractivity contribution in [3.05, 3.63) is 29.8 Å². The molecular weight excluding hydrogens is 210 g/mol. The Balaban J connectivity index is 2.33. The second-order valence-electron chi connectivity index (χ2n) is 4.94. The third-order valence-electron chi connectivity index (χ3n) is 3.45. The van der Waals surface area contributed by atoms with Crippen LogP contribution in [0.3, 0.4) is 0 Å². The highest BCUT2D eigenvalue weighted by Gasteiger charge is 2.37. The first-order valence-electron chi connectivity index (χ1n) is 6.56. The van der Waals surface area contributed by atoms with Crippen LogP contribution in [0.4, 0.5) is 0 Å². The van der Waals surface area contributed by atoms with E-state index in [9.17, 15) is 0 Å². The van der Waals surface area contributed by atoms with Crippen molar-refractivity contribution >= 4 is 5.71 Å². The lowest BCUT2D eigenvalue weighted by atomic mass is 9.83. The molecule has 0 bridgehead atoms. The van der Waals surface area contributed by atoms with Gasteiger partial charge in [-0.1, -0.05) is 38.8 Å². The van der Waals surface area contributed by atoms with Gasteiger partial charge in [-0.3, -0.25) is 0 Å². The molecule has 0 atom stereocenters. The quantitative estimate of drug-likeness (QED) is 0.828. The van der Waals surface area contributed by atoms with Crippen molar-refractivity contribution in [2.24, 2.45) is 0 Å². The smallest absolute Gasteiger partial charge is 0.129 e. The van der Waals surface area contributed by atoms with E-state index in [1.165, 1.54) is 0 Å². The van der Waals surface area contributed by atoms with Crippen molar-refractivity contribution < 1.29 is 4.74 Å². The number of para-hydroxylation sites is 1. The summed E-state index contributed by atoms with van der Waals surface area (Å²) >= 11 is 0. The molecule has 0 aliphatic carbocycles. The zero-order valence-electron chi connectivity index (χ0n) is 10.8. The summed E-state index contributed by atoms with van der Waals surface area (Å²) in [6.45, 7) is 4.37. The molecular formula is C15H21NO. The number of benzene rings is 1. The van der Waals surface area contributed by atoms with Gasteiger partial charge >= 0.3 is 0 Å². The van der Waals surface area contributed by atoms with Crippen LogP contribution in [0.2, 0.25) is 0 Å². The fourth-order valence-corrected chi connectivity index (χ4v) is 2.81. The van der Waals surface area contributed by atoms with E-state index in [0.29, 0.717) is 0 Å². The Bertz CT molecular complexity index is 405. The lowest BCUT2D eigenvalue weighted by Gasteiger charge is -2.39. The van der Waals surface area contributed by atoms with Crippen molar-refractivity contribution in [1.82, 2.24) is 0 Å². The van der Waals surface area contributed by atoms with E-state index in [2.05, 4.69) is 13.8 Å². The van der Waals surface area contributed by atoms with Gasteiger partial charge in [-0.2, -0.15) is 0 Å². The molecule has 1 aliphatic heterocycles. The number of fused-ring (bicyclic) bond motifs is 1. The monoisotopic (exact) mass is 231 g/mol. The summed E-state index contributed by atoms with van der Waals surface area (Å²) in [4.78, 5) is 0. The molecule has 0 spiro atoms. The molecule has 1 aromatic carbocycles. The summed E-state index contributed by atoms with van der Waals surface area (Å²) in [5, 5.41) is 8.20. The van der Waals surface area contributed by atoms with Gasteiger partial charge in [-0.25, -0.2) is 0 Å². The molecule has 2 rings (SSSR count). The molecule has 0 saturated heterocycles. The maximum absolute atomic E-state index is 8.20. The van der Waals surface area contributed by atoms with Crippen molar-refractivity contribution in [2.45, 2.75) is 51.6 Å². The summed E-state index contributed by atoms with van der Waals surface area (Å²) in [5.41, 5.74) is 1.57. The fourth-order valence-electron chi connectivity index (χ4n) is 2.81. The average Bonchev–Trinajstić information content (AvgIpc) is 2.29. The molecule has 0 fully saturated rings. The maximum Gasteiger partial charge on any atom is 0.129 e. The molecule has 1 heterocycles. The van der Waals surface area contributed by atoms with Crippen LogP contribution in [-0.4, -0.2) is 11.3 Å². The molecule has 17 heavy (non-hydrogen) atoms. The summed E-state index contributed by atoms with van der Waals surface area (Å²) in [6, 6.07) is 7.94. The van der Waals surface area contributed by atoms with Crippen LogP contribution in [0.25, 0.3) is 0 Å². The highest BCUT2D eigenvalue weighted by Crippen LogP contribution is 2.38. The predicted molar refractivity (Wildman–Crippen MR) is 71.1 cm³/mol. The SMILES string of the molecule is CCCC1(CCC)CC(=N)c2ccccc2O1. The zero-order chi connectivity index (χ0) is 12.3. The van der Waals surface area contributed by atoms with Gasteiger partial charge in [0, 0.05) is 17.7 Å².